The molecule has 1 fully saturated rings. The summed E-state index contributed by atoms with van der Waals surface area (Å²) in [6.45, 7) is 3.49. The summed E-state index contributed by atoms with van der Waals surface area (Å²) in [5.41, 5.74) is 3.33. The molecule has 0 saturated carbocycles. The van der Waals surface area contributed by atoms with E-state index in [2.05, 4.69) is 37.8 Å². The highest BCUT2D eigenvalue weighted by Crippen LogP contribution is 2.24. The third kappa shape index (κ3) is 6.04. The number of nitrogens with zero attached hydrogens (tertiary/aromatic N) is 4. The molecule has 0 amide bonds. The zero-order chi connectivity index (χ0) is 23.0. The van der Waals surface area contributed by atoms with E-state index in [4.69, 9.17) is 9.47 Å². The quantitative estimate of drug-likeness (QED) is 0.408. The van der Waals surface area contributed by atoms with Gasteiger partial charge in [-0.15, -0.1) is 0 Å². The molecule has 1 saturated heterocycles. The third-order valence-electron chi connectivity index (χ3n) is 5.77. The fraction of sp³-hybridized carbons (Fsp3) is 0.360. The minimum absolute atomic E-state index is 0.343. The molecule has 1 unspecified atom stereocenters. The maximum absolute atomic E-state index is 5.40. The van der Waals surface area contributed by atoms with Gasteiger partial charge in [0.05, 0.1) is 26.1 Å². The van der Waals surface area contributed by atoms with Gasteiger partial charge in [0, 0.05) is 57.1 Å². The van der Waals surface area contributed by atoms with Gasteiger partial charge in [-0.1, -0.05) is 18.2 Å². The van der Waals surface area contributed by atoms with Crippen molar-refractivity contribution in [2.24, 2.45) is 4.99 Å². The van der Waals surface area contributed by atoms with Crippen molar-refractivity contribution in [2.75, 3.05) is 34.4 Å². The van der Waals surface area contributed by atoms with Gasteiger partial charge in [-0.2, -0.15) is 5.10 Å². The minimum atomic E-state index is 0.343. The summed E-state index contributed by atoms with van der Waals surface area (Å²) in [6.07, 6.45) is 4.98. The Hall–Kier alpha value is -3.52. The van der Waals surface area contributed by atoms with Crippen LogP contribution >= 0.6 is 0 Å². The molecule has 2 N–H and O–H groups in total. The first kappa shape index (κ1) is 22.7. The largest absolute Gasteiger partial charge is 0.497 e. The second-order valence-corrected chi connectivity index (χ2v) is 8.14. The average Bonchev–Trinajstić information content (AvgIpc) is 3.51. The maximum Gasteiger partial charge on any atom is 0.191 e. The monoisotopic (exact) mass is 448 g/mol. The van der Waals surface area contributed by atoms with Gasteiger partial charge in [0.15, 0.2) is 5.96 Å². The lowest BCUT2D eigenvalue weighted by Gasteiger charge is -2.19. The Kier molecular flexibility index (Phi) is 7.47. The molecule has 33 heavy (non-hydrogen) atoms. The Morgan fingerprint density at radius 1 is 1.09 bits per heavy atom. The van der Waals surface area contributed by atoms with Crippen molar-refractivity contribution in [2.45, 2.75) is 25.6 Å². The van der Waals surface area contributed by atoms with Gasteiger partial charge in [-0.05, 0) is 36.2 Å². The van der Waals surface area contributed by atoms with Crippen LogP contribution in [0.5, 0.6) is 11.5 Å². The van der Waals surface area contributed by atoms with Crippen molar-refractivity contribution in [3.63, 3.8) is 0 Å². The number of aliphatic imine (C=N–C) groups is 1. The first-order valence-corrected chi connectivity index (χ1v) is 11.2. The summed E-state index contributed by atoms with van der Waals surface area (Å²) in [7, 11) is 5.16. The van der Waals surface area contributed by atoms with Crippen molar-refractivity contribution in [3.05, 3.63) is 72.1 Å². The van der Waals surface area contributed by atoms with E-state index in [0.29, 0.717) is 12.6 Å². The van der Waals surface area contributed by atoms with Crippen LogP contribution in [0.3, 0.4) is 0 Å². The number of benzene rings is 2. The first-order chi connectivity index (χ1) is 16.2. The van der Waals surface area contributed by atoms with Crippen LogP contribution in [-0.2, 0) is 13.1 Å². The second kappa shape index (κ2) is 10.9. The van der Waals surface area contributed by atoms with Gasteiger partial charge >= 0.3 is 0 Å². The first-order valence-electron chi connectivity index (χ1n) is 11.2. The number of para-hydroxylation sites is 1. The lowest BCUT2D eigenvalue weighted by Crippen LogP contribution is -2.44. The van der Waals surface area contributed by atoms with Crippen molar-refractivity contribution in [3.8, 4) is 17.2 Å². The van der Waals surface area contributed by atoms with Crippen molar-refractivity contribution < 1.29 is 9.47 Å². The normalized spacial score (nSPS) is 16.6. The second-order valence-electron chi connectivity index (χ2n) is 8.14. The molecule has 0 radical (unpaired) electrons. The van der Waals surface area contributed by atoms with Crippen LogP contribution in [0.4, 0.5) is 0 Å². The highest BCUT2D eigenvalue weighted by atomic mass is 16.5. The van der Waals surface area contributed by atoms with Gasteiger partial charge in [0.2, 0.25) is 0 Å². The Bertz CT molecular complexity index is 1040. The number of hydrogen-bond acceptors (Lipinski definition) is 5. The molecule has 2 heterocycles. The summed E-state index contributed by atoms with van der Waals surface area (Å²) < 4.78 is 12.7. The van der Waals surface area contributed by atoms with E-state index in [-0.39, 0.29) is 0 Å². The zero-order valence-electron chi connectivity index (χ0n) is 19.5. The van der Waals surface area contributed by atoms with E-state index in [0.717, 1.165) is 54.8 Å². The molecular formula is C25H32N6O2. The molecular weight excluding hydrogens is 416 g/mol. The van der Waals surface area contributed by atoms with E-state index in [1.54, 1.807) is 21.3 Å². The average molecular weight is 449 g/mol. The molecule has 4 rings (SSSR count). The van der Waals surface area contributed by atoms with E-state index in [9.17, 15) is 0 Å². The lowest BCUT2D eigenvalue weighted by molar-refractivity contribution is 0.321. The summed E-state index contributed by atoms with van der Waals surface area (Å²) in [6, 6.07) is 16.5. The van der Waals surface area contributed by atoms with Gasteiger partial charge in [0.1, 0.15) is 11.5 Å². The molecule has 8 heteroatoms. The SMILES string of the molecule is CN=C(NCc1cnn(-c2ccccc2)c1)NC1CCN(Cc2cc(OC)cc(OC)c2)C1. The standard InChI is InChI=1S/C25H32N6O2/c1-26-25(27-14-20-15-28-31(17-20)22-7-5-4-6-8-22)29-21-9-10-30(18-21)16-19-11-23(32-2)13-24(12-19)33-3/h4-8,11-13,15,17,21H,9-10,14,16,18H2,1-3H3,(H2,26,27,29). The predicted molar refractivity (Wildman–Crippen MR) is 130 cm³/mol. The molecule has 8 nitrogen and oxygen atoms in total. The molecule has 2 aromatic carbocycles. The molecule has 1 aliphatic rings. The number of nitrogens with one attached hydrogen (secondary N) is 2. The van der Waals surface area contributed by atoms with E-state index >= 15 is 0 Å². The highest BCUT2D eigenvalue weighted by molar-refractivity contribution is 5.80. The fourth-order valence-electron chi connectivity index (χ4n) is 4.06. The summed E-state index contributed by atoms with van der Waals surface area (Å²) >= 11 is 0. The maximum atomic E-state index is 5.40. The zero-order valence-corrected chi connectivity index (χ0v) is 19.5. The molecule has 3 aromatic rings. The van der Waals surface area contributed by atoms with Crippen LogP contribution in [0, 0.1) is 0 Å². The third-order valence-corrected chi connectivity index (χ3v) is 5.77. The highest BCUT2D eigenvalue weighted by Gasteiger charge is 2.23. The number of aromatic nitrogens is 2. The Morgan fingerprint density at radius 2 is 1.85 bits per heavy atom. The lowest BCUT2D eigenvalue weighted by atomic mass is 10.2. The smallest absolute Gasteiger partial charge is 0.191 e. The molecule has 1 aliphatic heterocycles. The van der Waals surface area contributed by atoms with Gasteiger partial charge in [-0.25, -0.2) is 4.68 Å². The molecule has 1 aromatic heterocycles. The van der Waals surface area contributed by atoms with Crippen LogP contribution in [-0.4, -0.2) is 61.0 Å². The molecule has 174 valence electrons. The van der Waals surface area contributed by atoms with E-state index in [1.807, 2.05) is 53.5 Å². The van der Waals surface area contributed by atoms with Crippen LogP contribution in [0.25, 0.3) is 5.69 Å². The van der Waals surface area contributed by atoms with Crippen molar-refractivity contribution in [1.29, 1.82) is 0 Å². The summed E-state index contributed by atoms with van der Waals surface area (Å²) in [5.74, 6) is 2.44. The Morgan fingerprint density at radius 3 is 2.55 bits per heavy atom. The van der Waals surface area contributed by atoms with Gasteiger partial charge < -0.3 is 20.1 Å². The van der Waals surface area contributed by atoms with Gasteiger partial charge in [0.25, 0.3) is 0 Å². The number of methoxy groups -OCH3 is 2. The Labute approximate surface area is 195 Å². The van der Waals surface area contributed by atoms with Crippen molar-refractivity contribution >= 4 is 5.96 Å². The van der Waals surface area contributed by atoms with E-state index in [1.165, 1.54) is 5.56 Å². The number of rotatable bonds is 8. The number of ether oxygens (including phenoxy) is 2. The predicted octanol–water partition coefficient (Wildman–Crippen LogP) is 2.83. The molecule has 1 atom stereocenters. The van der Waals surface area contributed by atoms with Crippen molar-refractivity contribution in [1.82, 2.24) is 25.3 Å². The van der Waals surface area contributed by atoms with Crippen LogP contribution in [0.2, 0.25) is 0 Å². The molecule has 0 aliphatic carbocycles. The fourth-order valence-corrected chi connectivity index (χ4v) is 4.06. The van der Waals surface area contributed by atoms with E-state index < -0.39 is 0 Å². The summed E-state index contributed by atoms with van der Waals surface area (Å²) in [5, 5.41) is 11.4. The van der Waals surface area contributed by atoms with Crippen LogP contribution < -0.4 is 20.1 Å². The summed E-state index contributed by atoms with van der Waals surface area (Å²) in [4.78, 5) is 6.84. The topological polar surface area (TPSA) is 75.9 Å². The number of likely N-dealkylation sites (tertiary alicyclic amines) is 1. The minimum Gasteiger partial charge on any atom is -0.497 e. The molecule has 0 bridgehead atoms. The Balaban J connectivity index is 1.27. The number of hydrogen-bond donors (Lipinski definition) is 2. The van der Waals surface area contributed by atoms with Crippen LogP contribution in [0.15, 0.2) is 65.9 Å². The van der Waals surface area contributed by atoms with Crippen LogP contribution in [0.1, 0.15) is 17.5 Å². The molecule has 0 spiro atoms. The van der Waals surface area contributed by atoms with Gasteiger partial charge in [-0.3, -0.25) is 9.89 Å². The number of guanidine groups is 1.